The van der Waals surface area contributed by atoms with Gasteiger partial charge in [-0.2, -0.15) is 0 Å². The minimum absolute atomic E-state index is 0.653. The molecule has 2 N–H and O–H groups in total. The average molecular weight is 212 g/mol. The summed E-state index contributed by atoms with van der Waals surface area (Å²) in [6, 6.07) is 0.653. The smallest absolute Gasteiger partial charge is 0.0433 e. The molecule has 80 valence electrons. The number of hydrogen-bond acceptors (Lipinski definition) is 3. The molecule has 0 heterocycles. The lowest BCUT2D eigenvalue weighted by Gasteiger charge is -2.16. The fourth-order valence-corrected chi connectivity index (χ4v) is 2.09. The average Bonchev–Trinajstić information content (AvgIpc) is 2.15. The van der Waals surface area contributed by atoms with E-state index < -0.39 is 0 Å². The van der Waals surface area contributed by atoms with Crippen LogP contribution in [0.4, 0.5) is 0 Å². The monoisotopic (exact) mass is 212 g/mol. The van der Waals surface area contributed by atoms with Crippen molar-refractivity contribution in [1.29, 1.82) is 0 Å². The van der Waals surface area contributed by atoms with Gasteiger partial charge in [-0.25, -0.2) is 0 Å². The summed E-state index contributed by atoms with van der Waals surface area (Å²) in [4.78, 5) is 0. The highest BCUT2D eigenvalue weighted by Crippen LogP contribution is 2.08. The van der Waals surface area contributed by atoms with Crippen LogP contribution in [-0.2, 0) is 0 Å². The van der Waals surface area contributed by atoms with Crippen LogP contribution in [0.25, 0.3) is 0 Å². The molecule has 1 atom stereocenters. The van der Waals surface area contributed by atoms with Gasteiger partial charge in [-0.3, -0.25) is 0 Å². The highest BCUT2D eigenvalue weighted by Gasteiger charge is 2.05. The Morgan fingerprint density at radius 1 is 1.29 bits per heavy atom. The van der Waals surface area contributed by atoms with Crippen molar-refractivity contribution >= 4 is 11.8 Å². The van der Waals surface area contributed by atoms with Gasteiger partial charge in [-0.05, 0) is 26.3 Å². The first-order valence-electron chi connectivity index (χ1n) is 5.21. The molecule has 0 spiro atoms. The van der Waals surface area contributed by atoms with Gasteiger partial charge in [0.25, 0.3) is 0 Å². The van der Waals surface area contributed by atoms with E-state index in [0.717, 1.165) is 18.2 Å². The molecule has 3 heteroatoms. The van der Waals surface area contributed by atoms with Crippen molar-refractivity contribution in [3.8, 4) is 0 Å². The maximum Gasteiger partial charge on any atom is 0.0433 e. The molecule has 0 aromatic rings. The largest absolute Gasteiger partial charge is 0.311 e. The maximum absolute atomic E-state index is 3.56. The predicted molar refractivity (Wildman–Crippen MR) is 65.4 cm³/mol. The van der Waals surface area contributed by atoms with E-state index in [-0.39, 0.29) is 0 Å². The van der Waals surface area contributed by atoms with E-state index in [1.807, 2.05) is 18.8 Å². The maximum atomic E-state index is 3.56. The summed E-state index contributed by atoms with van der Waals surface area (Å²) in [6.07, 6.45) is 12.4. The van der Waals surface area contributed by atoms with Crippen LogP contribution in [0.3, 0.4) is 0 Å². The van der Waals surface area contributed by atoms with Gasteiger partial charge in [0.05, 0.1) is 0 Å². The molecule has 0 amide bonds. The van der Waals surface area contributed by atoms with Gasteiger partial charge in [0, 0.05) is 17.8 Å². The Kier molecular flexibility index (Phi) is 6.83. The molecule has 0 radical (unpaired) electrons. The normalized spacial score (nSPS) is 26.5. The van der Waals surface area contributed by atoms with Crippen molar-refractivity contribution in [2.24, 2.45) is 0 Å². The van der Waals surface area contributed by atoms with Crippen LogP contribution in [-0.4, -0.2) is 24.8 Å². The lowest BCUT2D eigenvalue weighted by atomic mass is 10.1. The van der Waals surface area contributed by atoms with Crippen molar-refractivity contribution in [1.82, 2.24) is 10.6 Å². The van der Waals surface area contributed by atoms with Gasteiger partial charge < -0.3 is 10.6 Å². The Balaban J connectivity index is 2.10. The Bertz CT molecular complexity index is 190. The van der Waals surface area contributed by atoms with Gasteiger partial charge in [-0.15, -0.1) is 11.8 Å². The van der Waals surface area contributed by atoms with Gasteiger partial charge in [0.2, 0.25) is 0 Å². The van der Waals surface area contributed by atoms with Gasteiger partial charge in [0.1, 0.15) is 0 Å². The van der Waals surface area contributed by atoms with Gasteiger partial charge in [-0.1, -0.05) is 24.3 Å². The summed E-state index contributed by atoms with van der Waals surface area (Å²) in [5, 5.41) is 6.69. The van der Waals surface area contributed by atoms with Crippen molar-refractivity contribution in [3.05, 3.63) is 24.3 Å². The molecule has 1 aliphatic carbocycles. The first-order valence-corrected chi connectivity index (χ1v) is 6.36. The second kappa shape index (κ2) is 8.09. The number of thioether (sulfide) groups is 1. The van der Waals surface area contributed by atoms with Gasteiger partial charge in [0.15, 0.2) is 0 Å². The fraction of sp³-hybridized carbons (Fsp3) is 0.636. The Morgan fingerprint density at radius 3 is 3.00 bits per heavy atom. The molecule has 0 aromatic carbocycles. The topological polar surface area (TPSA) is 24.1 Å². The number of hydrogen-bond donors (Lipinski definition) is 2. The van der Waals surface area contributed by atoms with E-state index in [0.29, 0.717) is 6.04 Å². The standard InChI is InChI=1S/C11H20N2S/c1-12-9-14-10-13-11-7-5-3-2-4-6-8-11/h2-5,11-13H,6-10H2,1H3/b4-2-,5-3-. The first-order chi connectivity index (χ1) is 6.93. The summed E-state index contributed by atoms with van der Waals surface area (Å²) < 4.78 is 0. The summed E-state index contributed by atoms with van der Waals surface area (Å²) in [5.74, 6) is 2.07. The zero-order valence-electron chi connectivity index (χ0n) is 8.83. The first kappa shape index (κ1) is 11.8. The van der Waals surface area contributed by atoms with Crippen LogP contribution in [0.15, 0.2) is 24.3 Å². The van der Waals surface area contributed by atoms with Crippen LogP contribution < -0.4 is 10.6 Å². The van der Waals surface area contributed by atoms with E-state index in [9.17, 15) is 0 Å². The molecule has 1 aliphatic rings. The third-order valence-electron chi connectivity index (χ3n) is 2.21. The molecule has 0 bridgehead atoms. The van der Waals surface area contributed by atoms with E-state index in [1.54, 1.807) is 0 Å². The van der Waals surface area contributed by atoms with E-state index in [1.165, 1.54) is 12.8 Å². The van der Waals surface area contributed by atoms with E-state index in [4.69, 9.17) is 0 Å². The predicted octanol–water partition coefficient (Wildman–Crippen LogP) is 2.11. The summed E-state index contributed by atoms with van der Waals surface area (Å²) in [7, 11) is 1.98. The third-order valence-corrected chi connectivity index (χ3v) is 3.07. The van der Waals surface area contributed by atoms with Crippen LogP contribution >= 0.6 is 11.8 Å². The molecule has 0 aliphatic heterocycles. The van der Waals surface area contributed by atoms with Crippen LogP contribution in [0, 0.1) is 0 Å². The van der Waals surface area contributed by atoms with E-state index >= 15 is 0 Å². The SMILES string of the molecule is CNCSCNC1C/C=C\C=C/CC1. The zero-order chi connectivity index (χ0) is 10.1. The van der Waals surface area contributed by atoms with Crippen molar-refractivity contribution < 1.29 is 0 Å². The lowest BCUT2D eigenvalue weighted by molar-refractivity contribution is 0.523. The number of rotatable bonds is 5. The Hall–Kier alpha value is -0.250. The summed E-state index contributed by atoms with van der Waals surface area (Å²) in [5.41, 5.74) is 0. The summed E-state index contributed by atoms with van der Waals surface area (Å²) >= 11 is 1.89. The van der Waals surface area contributed by atoms with Crippen LogP contribution in [0.5, 0.6) is 0 Å². The van der Waals surface area contributed by atoms with Crippen molar-refractivity contribution in [2.75, 3.05) is 18.8 Å². The second-order valence-corrected chi connectivity index (χ2v) is 4.40. The van der Waals surface area contributed by atoms with Crippen LogP contribution in [0.2, 0.25) is 0 Å². The minimum Gasteiger partial charge on any atom is -0.311 e. The minimum atomic E-state index is 0.653. The molecule has 0 saturated heterocycles. The molecule has 14 heavy (non-hydrogen) atoms. The molecule has 1 rings (SSSR count). The van der Waals surface area contributed by atoms with E-state index in [2.05, 4.69) is 34.9 Å². The molecule has 0 saturated carbocycles. The number of allylic oxidation sites excluding steroid dienone is 3. The molecule has 2 nitrogen and oxygen atoms in total. The van der Waals surface area contributed by atoms with Crippen molar-refractivity contribution in [3.63, 3.8) is 0 Å². The molecule has 0 aromatic heterocycles. The highest BCUT2D eigenvalue weighted by atomic mass is 32.2. The van der Waals surface area contributed by atoms with Gasteiger partial charge >= 0.3 is 0 Å². The quantitative estimate of drug-likeness (QED) is 0.539. The molecule has 0 fully saturated rings. The Labute approximate surface area is 91.2 Å². The molecular weight excluding hydrogens is 192 g/mol. The molecular formula is C11H20N2S. The Morgan fingerprint density at radius 2 is 2.14 bits per heavy atom. The van der Waals surface area contributed by atoms with Crippen LogP contribution in [0.1, 0.15) is 19.3 Å². The third kappa shape index (κ3) is 5.47. The fourth-order valence-electron chi connectivity index (χ4n) is 1.43. The lowest BCUT2D eigenvalue weighted by Crippen LogP contribution is -2.29. The highest BCUT2D eigenvalue weighted by molar-refractivity contribution is 7.99. The molecule has 1 unspecified atom stereocenters. The zero-order valence-corrected chi connectivity index (χ0v) is 9.65. The second-order valence-electron chi connectivity index (χ2n) is 3.42. The number of nitrogens with one attached hydrogen (secondary N) is 2. The summed E-state index contributed by atoms with van der Waals surface area (Å²) in [6.45, 7) is 0. The van der Waals surface area contributed by atoms with Crippen molar-refractivity contribution in [2.45, 2.75) is 25.3 Å².